The summed E-state index contributed by atoms with van der Waals surface area (Å²) in [6, 6.07) is 8.37. The highest BCUT2D eigenvalue weighted by atomic mass is 16.2. The SMILES string of the molecule is CC(C)NC(=O)C1CCN(C2CCN(C(=O)Cn3nc4ccccc4n3)CC2)CC1. The first-order valence-electron chi connectivity index (χ1n) is 11.1. The summed E-state index contributed by atoms with van der Waals surface area (Å²) >= 11 is 0. The smallest absolute Gasteiger partial charge is 0.246 e. The summed E-state index contributed by atoms with van der Waals surface area (Å²) in [6.07, 6.45) is 3.83. The molecule has 2 amide bonds. The van der Waals surface area contributed by atoms with E-state index in [4.69, 9.17) is 0 Å². The number of nitrogens with one attached hydrogen (secondary N) is 1. The highest BCUT2D eigenvalue weighted by molar-refractivity contribution is 5.79. The predicted molar refractivity (Wildman–Crippen MR) is 115 cm³/mol. The molecule has 2 aliphatic heterocycles. The van der Waals surface area contributed by atoms with Crippen molar-refractivity contribution < 1.29 is 9.59 Å². The summed E-state index contributed by atoms with van der Waals surface area (Å²) < 4.78 is 0. The number of fused-ring (bicyclic) bond motifs is 1. The number of likely N-dealkylation sites (tertiary alicyclic amines) is 2. The van der Waals surface area contributed by atoms with Crippen LogP contribution in [0.25, 0.3) is 11.0 Å². The third-order valence-corrected chi connectivity index (χ3v) is 6.27. The first kappa shape index (κ1) is 20.8. The van der Waals surface area contributed by atoms with Gasteiger partial charge in [0.05, 0.1) is 0 Å². The zero-order chi connectivity index (χ0) is 21.1. The topological polar surface area (TPSA) is 83.4 Å². The highest BCUT2D eigenvalue weighted by Gasteiger charge is 2.31. The number of hydrogen-bond donors (Lipinski definition) is 1. The second-order valence-electron chi connectivity index (χ2n) is 8.80. The van der Waals surface area contributed by atoms with Crippen molar-refractivity contribution >= 4 is 22.8 Å². The fraction of sp³-hybridized carbons (Fsp3) is 0.636. The van der Waals surface area contributed by atoms with Gasteiger partial charge in [0, 0.05) is 31.1 Å². The normalized spacial score (nSPS) is 19.5. The molecule has 1 N–H and O–H groups in total. The Kier molecular flexibility index (Phi) is 6.32. The second-order valence-corrected chi connectivity index (χ2v) is 8.80. The van der Waals surface area contributed by atoms with Crippen LogP contribution in [0.1, 0.15) is 39.5 Å². The van der Waals surface area contributed by atoms with Crippen LogP contribution in [0, 0.1) is 5.92 Å². The molecular formula is C22H32N6O2. The minimum Gasteiger partial charge on any atom is -0.354 e. The van der Waals surface area contributed by atoms with Gasteiger partial charge in [0.15, 0.2) is 0 Å². The molecule has 4 rings (SSSR count). The van der Waals surface area contributed by atoms with Gasteiger partial charge in [-0.15, -0.1) is 0 Å². The minimum atomic E-state index is 0.0813. The number of nitrogens with zero attached hydrogens (tertiary/aromatic N) is 5. The molecule has 2 saturated heterocycles. The van der Waals surface area contributed by atoms with Crippen LogP contribution in [0.3, 0.4) is 0 Å². The van der Waals surface area contributed by atoms with Crippen LogP contribution in [0.15, 0.2) is 24.3 Å². The number of benzene rings is 1. The van der Waals surface area contributed by atoms with E-state index in [2.05, 4.69) is 20.4 Å². The number of carbonyl (C=O) groups excluding carboxylic acids is 2. The minimum absolute atomic E-state index is 0.0813. The van der Waals surface area contributed by atoms with Crippen molar-refractivity contribution in [2.24, 2.45) is 5.92 Å². The van der Waals surface area contributed by atoms with Gasteiger partial charge >= 0.3 is 0 Å². The first-order valence-corrected chi connectivity index (χ1v) is 11.1. The molecule has 0 bridgehead atoms. The van der Waals surface area contributed by atoms with Crippen molar-refractivity contribution in [3.63, 3.8) is 0 Å². The van der Waals surface area contributed by atoms with Gasteiger partial charge in [-0.3, -0.25) is 9.59 Å². The van der Waals surface area contributed by atoms with Crippen LogP contribution in [-0.2, 0) is 16.1 Å². The third kappa shape index (κ3) is 4.80. The number of rotatable bonds is 5. The number of aromatic nitrogens is 3. The summed E-state index contributed by atoms with van der Waals surface area (Å²) in [5.41, 5.74) is 1.63. The lowest BCUT2D eigenvalue weighted by Crippen LogP contribution is -2.50. The van der Waals surface area contributed by atoms with Crippen LogP contribution in [0.5, 0.6) is 0 Å². The maximum Gasteiger partial charge on any atom is 0.246 e. The molecule has 2 aromatic rings. The van der Waals surface area contributed by atoms with E-state index >= 15 is 0 Å². The van der Waals surface area contributed by atoms with E-state index < -0.39 is 0 Å². The first-order chi connectivity index (χ1) is 14.5. The Morgan fingerprint density at radius 3 is 2.17 bits per heavy atom. The van der Waals surface area contributed by atoms with Crippen LogP contribution in [-0.4, -0.2) is 74.9 Å². The predicted octanol–water partition coefficient (Wildman–Crippen LogP) is 1.66. The molecule has 30 heavy (non-hydrogen) atoms. The maximum atomic E-state index is 12.7. The van der Waals surface area contributed by atoms with E-state index in [0.29, 0.717) is 6.04 Å². The molecule has 0 aliphatic carbocycles. The van der Waals surface area contributed by atoms with Gasteiger partial charge in [0.1, 0.15) is 17.6 Å². The standard InChI is InChI=1S/C22H32N6O2/c1-16(2)23-22(30)17-7-11-26(12-8-17)18-9-13-27(14-10-18)21(29)15-28-24-19-5-3-4-6-20(19)25-28/h3-6,16-18H,7-15H2,1-2H3,(H,23,30). The Morgan fingerprint density at radius 2 is 1.60 bits per heavy atom. The van der Waals surface area contributed by atoms with Crippen LogP contribution >= 0.6 is 0 Å². The van der Waals surface area contributed by atoms with Crippen molar-refractivity contribution in [2.45, 2.75) is 58.2 Å². The molecule has 2 aliphatic rings. The fourth-order valence-electron chi connectivity index (χ4n) is 4.61. The monoisotopic (exact) mass is 412 g/mol. The number of carbonyl (C=O) groups is 2. The molecule has 3 heterocycles. The highest BCUT2D eigenvalue weighted by Crippen LogP contribution is 2.24. The summed E-state index contributed by atoms with van der Waals surface area (Å²) in [4.78, 5) is 30.9. The molecule has 0 saturated carbocycles. The average Bonchev–Trinajstić information content (AvgIpc) is 3.16. The van der Waals surface area contributed by atoms with Crippen molar-refractivity contribution in [1.82, 2.24) is 30.1 Å². The molecule has 8 nitrogen and oxygen atoms in total. The summed E-state index contributed by atoms with van der Waals surface area (Å²) in [6.45, 7) is 7.70. The van der Waals surface area contributed by atoms with Gasteiger partial charge < -0.3 is 15.1 Å². The zero-order valence-electron chi connectivity index (χ0n) is 18.0. The number of piperidine rings is 2. The lowest BCUT2D eigenvalue weighted by molar-refractivity contribution is -0.134. The number of amides is 2. The molecule has 162 valence electrons. The summed E-state index contributed by atoms with van der Waals surface area (Å²) in [5.74, 6) is 0.421. The van der Waals surface area contributed by atoms with E-state index in [1.165, 1.54) is 4.80 Å². The Balaban J connectivity index is 1.23. The Morgan fingerprint density at radius 1 is 1.00 bits per heavy atom. The molecule has 0 atom stereocenters. The second kappa shape index (κ2) is 9.12. The van der Waals surface area contributed by atoms with Gasteiger partial charge in [-0.25, -0.2) is 0 Å². The van der Waals surface area contributed by atoms with E-state index in [0.717, 1.165) is 62.9 Å². The van der Waals surface area contributed by atoms with Crippen LogP contribution < -0.4 is 5.32 Å². The Hall–Kier alpha value is -2.48. The van der Waals surface area contributed by atoms with Gasteiger partial charge in [-0.2, -0.15) is 15.0 Å². The summed E-state index contributed by atoms with van der Waals surface area (Å²) in [7, 11) is 0. The van der Waals surface area contributed by atoms with E-state index in [1.54, 1.807) is 0 Å². The molecule has 2 fully saturated rings. The molecule has 1 aromatic heterocycles. The zero-order valence-corrected chi connectivity index (χ0v) is 18.0. The van der Waals surface area contributed by atoms with Crippen LogP contribution in [0.4, 0.5) is 0 Å². The van der Waals surface area contributed by atoms with E-state index in [-0.39, 0.29) is 30.3 Å². The van der Waals surface area contributed by atoms with Gasteiger partial charge in [-0.05, 0) is 64.8 Å². The number of hydrogen-bond acceptors (Lipinski definition) is 5. The lowest BCUT2D eigenvalue weighted by atomic mass is 9.92. The summed E-state index contributed by atoms with van der Waals surface area (Å²) in [5, 5.41) is 11.8. The molecule has 0 unspecified atom stereocenters. The van der Waals surface area contributed by atoms with Gasteiger partial charge in [0.2, 0.25) is 11.8 Å². The van der Waals surface area contributed by atoms with Crippen molar-refractivity contribution in [3.05, 3.63) is 24.3 Å². The quantitative estimate of drug-likeness (QED) is 0.808. The lowest BCUT2D eigenvalue weighted by Gasteiger charge is -2.41. The van der Waals surface area contributed by atoms with Gasteiger partial charge in [-0.1, -0.05) is 12.1 Å². The molecule has 1 aromatic carbocycles. The largest absolute Gasteiger partial charge is 0.354 e. The molecule has 8 heteroatoms. The average molecular weight is 413 g/mol. The van der Waals surface area contributed by atoms with E-state index in [1.807, 2.05) is 43.0 Å². The van der Waals surface area contributed by atoms with E-state index in [9.17, 15) is 9.59 Å². The Bertz CT molecular complexity index is 846. The molecule has 0 radical (unpaired) electrons. The molecule has 0 spiro atoms. The van der Waals surface area contributed by atoms with Crippen LogP contribution in [0.2, 0.25) is 0 Å². The van der Waals surface area contributed by atoms with Gasteiger partial charge in [0.25, 0.3) is 0 Å². The van der Waals surface area contributed by atoms with Crippen molar-refractivity contribution in [3.8, 4) is 0 Å². The van der Waals surface area contributed by atoms with Crippen molar-refractivity contribution in [1.29, 1.82) is 0 Å². The molecular weight excluding hydrogens is 380 g/mol. The maximum absolute atomic E-state index is 12.7. The fourth-order valence-corrected chi connectivity index (χ4v) is 4.61. The third-order valence-electron chi connectivity index (χ3n) is 6.27. The Labute approximate surface area is 177 Å². The van der Waals surface area contributed by atoms with Crippen molar-refractivity contribution in [2.75, 3.05) is 26.2 Å².